The second-order valence-corrected chi connectivity index (χ2v) is 1.74. The summed E-state index contributed by atoms with van der Waals surface area (Å²) in [5.74, 6) is -0.0897. The molecule has 1 heterocycles. The summed E-state index contributed by atoms with van der Waals surface area (Å²) < 4.78 is 4.73. The lowest BCUT2D eigenvalue weighted by molar-refractivity contribution is -0.125. The summed E-state index contributed by atoms with van der Waals surface area (Å²) >= 11 is 0. The van der Waals surface area contributed by atoms with Crippen molar-refractivity contribution in [2.75, 3.05) is 6.61 Å². The van der Waals surface area contributed by atoms with Crippen LogP contribution in [0.15, 0.2) is 12.2 Å². The average Bonchev–Trinajstić information content (AvgIpc) is 1.90. The second-order valence-electron chi connectivity index (χ2n) is 1.74. The molecule has 1 rings (SSSR count). The molecule has 0 radical (unpaired) electrons. The van der Waals surface area contributed by atoms with Crippen LogP contribution in [-0.2, 0) is 14.3 Å². The third-order valence-electron chi connectivity index (χ3n) is 1.02. The van der Waals surface area contributed by atoms with Gasteiger partial charge in [-0.05, 0) is 12.2 Å². The van der Waals surface area contributed by atoms with E-state index in [0.29, 0.717) is 6.29 Å². The summed E-state index contributed by atoms with van der Waals surface area (Å²) in [6, 6.07) is 0. The molecule has 0 bridgehead atoms. The topological polar surface area (TPSA) is 43.4 Å². The van der Waals surface area contributed by atoms with Crippen LogP contribution in [0.2, 0.25) is 0 Å². The van der Waals surface area contributed by atoms with E-state index in [4.69, 9.17) is 4.74 Å². The molecule has 0 spiro atoms. The Kier molecular flexibility index (Phi) is 1.75. The zero-order valence-electron chi connectivity index (χ0n) is 4.74. The van der Waals surface area contributed by atoms with Gasteiger partial charge in [0.2, 0.25) is 0 Å². The number of carbonyl (C=O) groups is 2. The molecule has 0 N–H and O–H groups in total. The van der Waals surface area contributed by atoms with Crippen molar-refractivity contribution in [3.05, 3.63) is 12.2 Å². The molecule has 3 nitrogen and oxygen atoms in total. The molecule has 1 aliphatic rings. The Morgan fingerprint density at radius 3 is 3.00 bits per heavy atom. The van der Waals surface area contributed by atoms with E-state index in [-0.39, 0.29) is 12.4 Å². The Morgan fingerprint density at radius 1 is 1.78 bits per heavy atom. The normalized spacial score (nSPS) is 26.2. The van der Waals surface area contributed by atoms with Gasteiger partial charge in [-0.2, -0.15) is 0 Å². The first-order valence-corrected chi connectivity index (χ1v) is 2.61. The van der Waals surface area contributed by atoms with E-state index in [9.17, 15) is 9.59 Å². The molecule has 0 amide bonds. The Bertz CT molecular complexity index is 160. The summed E-state index contributed by atoms with van der Waals surface area (Å²) in [6.07, 6.45) is 2.95. The summed E-state index contributed by atoms with van der Waals surface area (Å²) in [6.45, 7) is 0.0277. The monoisotopic (exact) mass is 126 g/mol. The Labute approximate surface area is 52.3 Å². The van der Waals surface area contributed by atoms with Gasteiger partial charge in [0.05, 0.1) is 0 Å². The van der Waals surface area contributed by atoms with Gasteiger partial charge in [-0.1, -0.05) is 0 Å². The first-order chi connectivity index (χ1) is 4.33. The van der Waals surface area contributed by atoms with Gasteiger partial charge in [-0.15, -0.1) is 0 Å². The van der Waals surface area contributed by atoms with Crippen LogP contribution >= 0.6 is 0 Å². The van der Waals surface area contributed by atoms with Crippen LogP contribution in [0.5, 0.6) is 0 Å². The molecule has 0 aromatic rings. The van der Waals surface area contributed by atoms with Gasteiger partial charge in [-0.3, -0.25) is 4.79 Å². The predicted molar refractivity (Wildman–Crippen MR) is 30.0 cm³/mol. The van der Waals surface area contributed by atoms with Gasteiger partial charge >= 0.3 is 0 Å². The molecule has 1 unspecified atom stereocenters. The SMILES string of the molecule is O=CC1C=CC(=O)CO1. The third-order valence-corrected chi connectivity index (χ3v) is 1.02. The number of carbonyl (C=O) groups excluding carboxylic acids is 2. The van der Waals surface area contributed by atoms with Crippen molar-refractivity contribution in [3.63, 3.8) is 0 Å². The van der Waals surface area contributed by atoms with Crippen LogP contribution < -0.4 is 0 Å². The molecule has 0 saturated heterocycles. The Morgan fingerprint density at radius 2 is 2.56 bits per heavy atom. The lowest BCUT2D eigenvalue weighted by Gasteiger charge is -2.08. The number of rotatable bonds is 1. The first-order valence-electron chi connectivity index (χ1n) is 2.61. The van der Waals surface area contributed by atoms with E-state index in [0.717, 1.165) is 0 Å². The van der Waals surface area contributed by atoms with Gasteiger partial charge in [0.1, 0.15) is 12.7 Å². The van der Waals surface area contributed by atoms with Crippen LogP contribution in [0.25, 0.3) is 0 Å². The first kappa shape index (κ1) is 6.16. The van der Waals surface area contributed by atoms with Crippen molar-refractivity contribution < 1.29 is 14.3 Å². The maximum absolute atomic E-state index is 10.4. The smallest absolute Gasteiger partial charge is 0.181 e. The highest BCUT2D eigenvalue weighted by Gasteiger charge is 2.10. The number of ether oxygens (including phenoxy) is 1. The highest BCUT2D eigenvalue weighted by Crippen LogP contribution is 1.97. The Hall–Kier alpha value is -0.960. The highest BCUT2D eigenvalue weighted by molar-refractivity contribution is 5.92. The van der Waals surface area contributed by atoms with Crippen molar-refractivity contribution >= 4 is 12.1 Å². The standard InChI is InChI=1S/C6H6O3/c7-3-6-2-1-5(8)4-9-6/h1-3,6H,4H2. The quantitative estimate of drug-likeness (QED) is 0.453. The highest BCUT2D eigenvalue weighted by atomic mass is 16.5. The molecule has 0 aliphatic carbocycles. The molecule has 0 saturated carbocycles. The Balaban J connectivity index is 2.57. The summed E-state index contributed by atoms with van der Waals surface area (Å²) in [5, 5.41) is 0. The zero-order chi connectivity index (χ0) is 6.69. The summed E-state index contributed by atoms with van der Waals surface area (Å²) in [7, 11) is 0. The van der Waals surface area contributed by atoms with Crippen molar-refractivity contribution in [1.82, 2.24) is 0 Å². The third kappa shape index (κ3) is 1.47. The van der Waals surface area contributed by atoms with Gasteiger partial charge in [0.25, 0.3) is 0 Å². The van der Waals surface area contributed by atoms with Crippen LogP contribution in [0.1, 0.15) is 0 Å². The van der Waals surface area contributed by atoms with E-state index in [2.05, 4.69) is 0 Å². The van der Waals surface area contributed by atoms with Gasteiger partial charge in [0.15, 0.2) is 12.1 Å². The molecule has 0 aromatic heterocycles. The fraction of sp³-hybridized carbons (Fsp3) is 0.333. The summed E-state index contributed by atoms with van der Waals surface area (Å²) in [4.78, 5) is 20.4. The maximum Gasteiger partial charge on any atom is 0.181 e. The van der Waals surface area contributed by atoms with E-state index in [1.807, 2.05) is 0 Å². The fourth-order valence-electron chi connectivity index (χ4n) is 0.569. The van der Waals surface area contributed by atoms with Crippen molar-refractivity contribution in [2.45, 2.75) is 6.10 Å². The zero-order valence-corrected chi connectivity index (χ0v) is 4.74. The van der Waals surface area contributed by atoms with Crippen molar-refractivity contribution in [3.8, 4) is 0 Å². The minimum absolute atomic E-state index is 0.0277. The van der Waals surface area contributed by atoms with Gasteiger partial charge in [-0.25, -0.2) is 0 Å². The lowest BCUT2D eigenvalue weighted by Crippen LogP contribution is -2.21. The van der Waals surface area contributed by atoms with Crippen LogP contribution in [0.3, 0.4) is 0 Å². The number of ketones is 1. The largest absolute Gasteiger partial charge is 0.358 e. The predicted octanol–water partition coefficient (Wildman–Crippen LogP) is -0.291. The molecule has 1 atom stereocenters. The van der Waals surface area contributed by atoms with E-state index in [1.54, 1.807) is 0 Å². The molecule has 48 valence electrons. The lowest BCUT2D eigenvalue weighted by atomic mass is 10.2. The van der Waals surface area contributed by atoms with E-state index in [1.165, 1.54) is 12.2 Å². The number of hydrogen-bond donors (Lipinski definition) is 0. The molecule has 0 fully saturated rings. The van der Waals surface area contributed by atoms with Gasteiger partial charge < -0.3 is 9.53 Å². The molecule has 1 aliphatic heterocycles. The van der Waals surface area contributed by atoms with E-state index < -0.39 is 6.10 Å². The minimum Gasteiger partial charge on any atom is -0.358 e. The van der Waals surface area contributed by atoms with Crippen molar-refractivity contribution in [2.24, 2.45) is 0 Å². The number of aldehydes is 1. The molecule has 0 aromatic carbocycles. The number of hydrogen-bond acceptors (Lipinski definition) is 3. The molecule has 3 heteroatoms. The maximum atomic E-state index is 10.4. The molecule has 9 heavy (non-hydrogen) atoms. The molecular formula is C6H6O3. The fourth-order valence-corrected chi connectivity index (χ4v) is 0.569. The van der Waals surface area contributed by atoms with Crippen LogP contribution in [0.4, 0.5) is 0 Å². The van der Waals surface area contributed by atoms with Crippen molar-refractivity contribution in [1.29, 1.82) is 0 Å². The summed E-state index contributed by atoms with van der Waals surface area (Å²) in [5.41, 5.74) is 0. The van der Waals surface area contributed by atoms with Crippen LogP contribution in [-0.4, -0.2) is 24.8 Å². The van der Waals surface area contributed by atoms with Gasteiger partial charge in [0, 0.05) is 0 Å². The van der Waals surface area contributed by atoms with E-state index >= 15 is 0 Å². The second kappa shape index (κ2) is 2.55. The van der Waals surface area contributed by atoms with Crippen LogP contribution in [0, 0.1) is 0 Å². The average molecular weight is 126 g/mol. The minimum atomic E-state index is -0.511. The molecular weight excluding hydrogens is 120 g/mol.